The minimum Gasteiger partial charge on any atom is -0.382 e. The Morgan fingerprint density at radius 2 is 1.85 bits per heavy atom. The predicted molar refractivity (Wildman–Crippen MR) is 107 cm³/mol. The van der Waals surface area contributed by atoms with Crippen molar-refractivity contribution in [2.75, 3.05) is 5.73 Å². The number of imidazole rings is 1. The molecule has 4 aromatic rings. The molecule has 0 amide bonds. The third-order valence-corrected chi connectivity index (χ3v) is 5.67. The molecule has 2 aromatic heterocycles. The Hall–Kier alpha value is -3.28. The second-order valence-corrected chi connectivity index (χ2v) is 7.22. The Morgan fingerprint density at radius 3 is 2.56 bits per heavy atom. The van der Waals surface area contributed by atoms with E-state index in [1.54, 1.807) is 4.57 Å². The molecule has 3 N–H and O–H groups in total. The number of H-pyrrole nitrogens is 1. The van der Waals surface area contributed by atoms with Crippen molar-refractivity contribution in [3.63, 3.8) is 0 Å². The third-order valence-electron chi connectivity index (χ3n) is 5.67. The Kier molecular flexibility index (Phi) is 3.47. The van der Waals surface area contributed by atoms with Gasteiger partial charge in [0.15, 0.2) is 5.82 Å². The topological polar surface area (TPSA) is 81.6 Å². The first kappa shape index (κ1) is 15.9. The summed E-state index contributed by atoms with van der Waals surface area (Å²) in [4.78, 5) is 12.8. The number of nitrogens with one attached hydrogen (secondary N) is 1. The first-order valence-corrected chi connectivity index (χ1v) is 9.26. The van der Waals surface area contributed by atoms with E-state index >= 15 is 0 Å². The maximum atomic E-state index is 12.8. The van der Waals surface area contributed by atoms with Gasteiger partial charge in [0, 0.05) is 18.7 Å². The summed E-state index contributed by atoms with van der Waals surface area (Å²) in [7, 11) is 1.83. The number of rotatable bonds is 3. The van der Waals surface area contributed by atoms with E-state index < -0.39 is 0 Å². The first-order chi connectivity index (χ1) is 13.1. The first-order valence-electron chi connectivity index (χ1n) is 9.26. The molecule has 136 valence electrons. The number of hydrogen-bond acceptors (Lipinski definition) is 3. The van der Waals surface area contributed by atoms with Gasteiger partial charge in [-0.15, -0.1) is 0 Å². The van der Waals surface area contributed by atoms with Gasteiger partial charge in [-0.3, -0.25) is 14.2 Å². The number of anilines is 1. The summed E-state index contributed by atoms with van der Waals surface area (Å²) in [5.74, 6) is 0.455. The highest BCUT2D eigenvalue weighted by atomic mass is 16.1. The monoisotopic (exact) mass is 359 g/mol. The summed E-state index contributed by atoms with van der Waals surface area (Å²) in [6.07, 6.45) is 3.35. The number of aromatic amines is 1. The molecule has 1 aliphatic carbocycles. The van der Waals surface area contributed by atoms with Crippen LogP contribution in [0.3, 0.4) is 0 Å². The van der Waals surface area contributed by atoms with Crippen molar-refractivity contribution >= 4 is 16.9 Å². The number of nitrogens with zero attached hydrogens (tertiary/aromatic N) is 3. The number of hydrogen-bond donors (Lipinski definition) is 2. The van der Waals surface area contributed by atoms with E-state index in [0.717, 1.165) is 46.3 Å². The maximum Gasteiger partial charge on any atom is 0.329 e. The van der Waals surface area contributed by atoms with Crippen molar-refractivity contribution < 1.29 is 0 Å². The van der Waals surface area contributed by atoms with Gasteiger partial charge >= 0.3 is 5.69 Å². The normalized spacial score (nSPS) is 14.6. The van der Waals surface area contributed by atoms with Crippen molar-refractivity contribution in [2.45, 2.75) is 25.3 Å². The molecule has 1 aliphatic rings. The zero-order valence-electron chi connectivity index (χ0n) is 15.1. The summed E-state index contributed by atoms with van der Waals surface area (Å²) in [5, 5.41) is 7.28. The molecule has 2 heterocycles. The lowest BCUT2D eigenvalue weighted by atomic mass is 9.92. The van der Waals surface area contributed by atoms with Crippen molar-refractivity contribution in [3.05, 3.63) is 59.0 Å². The van der Waals surface area contributed by atoms with Crippen LogP contribution >= 0.6 is 0 Å². The van der Waals surface area contributed by atoms with E-state index in [2.05, 4.69) is 10.2 Å². The van der Waals surface area contributed by atoms with Crippen LogP contribution in [0.5, 0.6) is 0 Å². The number of fused-ring (bicyclic) bond motifs is 1. The van der Waals surface area contributed by atoms with Crippen molar-refractivity contribution in [2.24, 2.45) is 7.05 Å². The van der Waals surface area contributed by atoms with Gasteiger partial charge in [0.05, 0.1) is 22.3 Å². The third kappa shape index (κ3) is 2.33. The second-order valence-electron chi connectivity index (χ2n) is 7.22. The van der Waals surface area contributed by atoms with Gasteiger partial charge in [0.2, 0.25) is 0 Å². The van der Waals surface area contributed by atoms with E-state index in [1.807, 2.05) is 60.1 Å². The second kappa shape index (κ2) is 5.87. The molecule has 1 saturated carbocycles. The molecular formula is C21H21N5O. The molecule has 0 bridgehead atoms. The summed E-state index contributed by atoms with van der Waals surface area (Å²) >= 11 is 0. The van der Waals surface area contributed by atoms with Crippen molar-refractivity contribution in [1.82, 2.24) is 19.3 Å². The van der Waals surface area contributed by atoms with Crippen LogP contribution < -0.4 is 11.4 Å². The zero-order chi connectivity index (χ0) is 18.5. The molecule has 1 fully saturated rings. The molecule has 5 rings (SSSR count). The standard InChI is InChI=1S/C21H21N5O/c1-25-17-12-14(10-11-16(17)26(21(25)27)15-8-5-9-15)18-19(23-24-20(18)22)13-6-3-2-4-7-13/h2-4,6-7,10-12,15H,5,8-9H2,1H3,(H3,22,23,24). The molecule has 0 atom stereocenters. The molecule has 27 heavy (non-hydrogen) atoms. The quantitative estimate of drug-likeness (QED) is 0.585. The van der Waals surface area contributed by atoms with Crippen LogP contribution in [0.4, 0.5) is 5.82 Å². The Morgan fingerprint density at radius 1 is 1.07 bits per heavy atom. The largest absolute Gasteiger partial charge is 0.382 e. The van der Waals surface area contributed by atoms with E-state index in [-0.39, 0.29) is 5.69 Å². The fourth-order valence-electron chi connectivity index (χ4n) is 3.98. The Bertz CT molecular complexity index is 1190. The maximum absolute atomic E-state index is 12.8. The number of nitrogens with two attached hydrogens (primary N) is 1. The summed E-state index contributed by atoms with van der Waals surface area (Å²) in [6, 6.07) is 16.4. The number of aryl methyl sites for hydroxylation is 1. The molecule has 2 aromatic carbocycles. The Balaban J connectivity index is 1.71. The highest BCUT2D eigenvalue weighted by molar-refractivity contribution is 5.92. The van der Waals surface area contributed by atoms with Gasteiger partial charge in [-0.2, -0.15) is 5.10 Å². The SMILES string of the molecule is Cn1c(=O)n(C2CCC2)c2ccc(-c3c(N)n[nH]c3-c3ccccc3)cc21. The summed E-state index contributed by atoms with van der Waals surface area (Å²) in [6.45, 7) is 0. The molecule has 0 radical (unpaired) electrons. The molecule has 0 unspecified atom stereocenters. The summed E-state index contributed by atoms with van der Waals surface area (Å²) in [5.41, 5.74) is 11.9. The lowest BCUT2D eigenvalue weighted by molar-refractivity contribution is 0.312. The minimum atomic E-state index is 0.0512. The average molecular weight is 359 g/mol. The molecule has 0 saturated heterocycles. The van der Waals surface area contributed by atoms with E-state index in [4.69, 9.17) is 5.73 Å². The van der Waals surface area contributed by atoms with E-state index in [1.165, 1.54) is 6.42 Å². The fourth-order valence-corrected chi connectivity index (χ4v) is 3.98. The Labute approximate surface area is 156 Å². The number of nitrogen functional groups attached to an aromatic ring is 1. The van der Waals surface area contributed by atoms with Crippen molar-refractivity contribution in [1.29, 1.82) is 0 Å². The van der Waals surface area contributed by atoms with Crippen LogP contribution in [0.25, 0.3) is 33.4 Å². The highest BCUT2D eigenvalue weighted by Gasteiger charge is 2.25. The molecule has 6 nitrogen and oxygen atoms in total. The molecule has 0 aliphatic heterocycles. The van der Waals surface area contributed by atoms with Gasteiger partial charge in [-0.05, 0) is 37.0 Å². The molecule has 6 heteroatoms. The van der Waals surface area contributed by atoms with Crippen LogP contribution in [0.2, 0.25) is 0 Å². The number of benzene rings is 2. The van der Waals surface area contributed by atoms with Crippen LogP contribution in [0.1, 0.15) is 25.3 Å². The van der Waals surface area contributed by atoms with Crippen LogP contribution in [-0.4, -0.2) is 19.3 Å². The molecular weight excluding hydrogens is 338 g/mol. The average Bonchev–Trinajstić information content (AvgIpc) is 3.15. The fraction of sp³-hybridized carbons (Fsp3) is 0.238. The van der Waals surface area contributed by atoms with E-state index in [9.17, 15) is 4.79 Å². The predicted octanol–water partition coefficient (Wildman–Crippen LogP) is 3.70. The van der Waals surface area contributed by atoms with Gasteiger partial charge in [0.1, 0.15) is 0 Å². The van der Waals surface area contributed by atoms with Crippen LogP contribution in [-0.2, 0) is 7.05 Å². The summed E-state index contributed by atoms with van der Waals surface area (Å²) < 4.78 is 3.68. The minimum absolute atomic E-state index is 0.0512. The van der Waals surface area contributed by atoms with E-state index in [0.29, 0.717) is 11.9 Å². The molecule has 0 spiro atoms. The van der Waals surface area contributed by atoms with Gasteiger partial charge in [-0.1, -0.05) is 36.4 Å². The van der Waals surface area contributed by atoms with Gasteiger partial charge in [0.25, 0.3) is 0 Å². The van der Waals surface area contributed by atoms with Crippen LogP contribution in [0, 0.1) is 0 Å². The lowest BCUT2D eigenvalue weighted by Crippen LogP contribution is -2.29. The zero-order valence-corrected chi connectivity index (χ0v) is 15.1. The smallest absolute Gasteiger partial charge is 0.329 e. The van der Waals surface area contributed by atoms with Crippen molar-refractivity contribution in [3.8, 4) is 22.4 Å². The highest BCUT2D eigenvalue weighted by Crippen LogP contribution is 2.37. The number of aromatic nitrogens is 4. The van der Waals surface area contributed by atoms with Gasteiger partial charge < -0.3 is 5.73 Å². The van der Waals surface area contributed by atoms with Gasteiger partial charge in [-0.25, -0.2) is 4.79 Å². The lowest BCUT2D eigenvalue weighted by Gasteiger charge is -2.26. The van der Waals surface area contributed by atoms with Crippen LogP contribution in [0.15, 0.2) is 53.3 Å².